The van der Waals surface area contributed by atoms with Crippen molar-refractivity contribution in [3.8, 4) is 28.6 Å². The Hall–Kier alpha value is -3.63. The molecule has 1 heterocycles. The standard InChI is InChI=1S/C25H22BrN5O3S/c1-33-21-11-9-20(10-12-21)31-24(17-6-4-3-5-7-17)29-30-25(31)35-16-23(32)28-27-15-18-14-19(26)8-13-22(18)34-2/h3-15H,16H2,1-2H3,(H,28,32)/b27-15+. The third-order valence-corrected chi connectivity index (χ3v) is 6.34. The molecule has 0 saturated carbocycles. The number of thioether (sulfide) groups is 1. The largest absolute Gasteiger partial charge is 0.497 e. The van der Waals surface area contributed by atoms with E-state index in [1.54, 1.807) is 20.4 Å². The molecule has 35 heavy (non-hydrogen) atoms. The first-order valence-electron chi connectivity index (χ1n) is 10.5. The van der Waals surface area contributed by atoms with Gasteiger partial charge in [0.2, 0.25) is 0 Å². The number of carbonyl (C=O) groups excluding carboxylic acids is 1. The Kier molecular flexibility index (Phi) is 8.17. The number of methoxy groups -OCH3 is 2. The molecule has 0 saturated heterocycles. The fourth-order valence-corrected chi connectivity index (χ4v) is 4.37. The molecule has 3 aromatic carbocycles. The first-order valence-corrected chi connectivity index (χ1v) is 12.3. The maximum Gasteiger partial charge on any atom is 0.250 e. The highest BCUT2D eigenvalue weighted by atomic mass is 79.9. The van der Waals surface area contributed by atoms with Gasteiger partial charge in [0.1, 0.15) is 11.5 Å². The second-order valence-electron chi connectivity index (χ2n) is 7.17. The number of hydrazone groups is 1. The second kappa shape index (κ2) is 11.7. The molecule has 0 bridgehead atoms. The number of amides is 1. The third kappa shape index (κ3) is 6.09. The van der Waals surface area contributed by atoms with Crippen LogP contribution in [0.1, 0.15) is 5.56 Å². The maximum absolute atomic E-state index is 12.5. The lowest BCUT2D eigenvalue weighted by molar-refractivity contribution is -0.118. The van der Waals surface area contributed by atoms with Crippen molar-refractivity contribution in [2.24, 2.45) is 5.10 Å². The van der Waals surface area contributed by atoms with Crippen LogP contribution in [0.25, 0.3) is 17.1 Å². The van der Waals surface area contributed by atoms with Gasteiger partial charge in [-0.25, -0.2) is 5.43 Å². The fourth-order valence-electron chi connectivity index (χ4n) is 3.24. The number of ether oxygens (including phenoxy) is 2. The quantitative estimate of drug-likeness (QED) is 0.180. The normalized spacial score (nSPS) is 10.9. The van der Waals surface area contributed by atoms with E-state index in [4.69, 9.17) is 9.47 Å². The first-order chi connectivity index (χ1) is 17.1. The summed E-state index contributed by atoms with van der Waals surface area (Å²) in [6.45, 7) is 0. The van der Waals surface area contributed by atoms with Gasteiger partial charge in [-0.05, 0) is 42.5 Å². The smallest absolute Gasteiger partial charge is 0.250 e. The summed E-state index contributed by atoms with van der Waals surface area (Å²) < 4.78 is 13.4. The van der Waals surface area contributed by atoms with Crippen molar-refractivity contribution in [1.29, 1.82) is 0 Å². The summed E-state index contributed by atoms with van der Waals surface area (Å²) >= 11 is 4.69. The summed E-state index contributed by atoms with van der Waals surface area (Å²) in [7, 11) is 3.21. The van der Waals surface area contributed by atoms with Crippen LogP contribution in [0, 0.1) is 0 Å². The number of carbonyl (C=O) groups is 1. The zero-order valence-electron chi connectivity index (χ0n) is 19.0. The van der Waals surface area contributed by atoms with E-state index in [0.717, 1.165) is 27.0 Å². The third-order valence-electron chi connectivity index (χ3n) is 4.91. The molecule has 10 heteroatoms. The monoisotopic (exact) mass is 551 g/mol. The lowest BCUT2D eigenvalue weighted by Gasteiger charge is -2.11. The van der Waals surface area contributed by atoms with E-state index in [9.17, 15) is 4.79 Å². The van der Waals surface area contributed by atoms with E-state index in [1.807, 2.05) is 77.4 Å². The van der Waals surface area contributed by atoms with Gasteiger partial charge in [-0.3, -0.25) is 9.36 Å². The van der Waals surface area contributed by atoms with E-state index in [-0.39, 0.29) is 11.7 Å². The van der Waals surface area contributed by atoms with E-state index in [2.05, 4.69) is 36.7 Å². The van der Waals surface area contributed by atoms with Gasteiger partial charge < -0.3 is 9.47 Å². The number of rotatable bonds is 9. The van der Waals surface area contributed by atoms with Crippen LogP contribution in [0.15, 0.2) is 87.5 Å². The molecule has 0 radical (unpaired) electrons. The molecule has 1 amide bonds. The number of halogens is 1. The van der Waals surface area contributed by atoms with Gasteiger partial charge in [0.15, 0.2) is 11.0 Å². The molecule has 4 rings (SSSR count). The molecule has 0 aliphatic heterocycles. The predicted octanol–water partition coefficient (Wildman–Crippen LogP) is 4.96. The Labute approximate surface area is 215 Å². The Morgan fingerprint density at radius 2 is 1.83 bits per heavy atom. The van der Waals surface area contributed by atoms with Gasteiger partial charge in [-0.2, -0.15) is 5.10 Å². The van der Waals surface area contributed by atoms with Gasteiger partial charge in [-0.15, -0.1) is 10.2 Å². The summed E-state index contributed by atoms with van der Waals surface area (Å²) in [5, 5.41) is 13.4. The summed E-state index contributed by atoms with van der Waals surface area (Å²) in [5.74, 6) is 1.91. The highest BCUT2D eigenvalue weighted by Gasteiger charge is 2.17. The van der Waals surface area contributed by atoms with Crippen molar-refractivity contribution in [3.63, 3.8) is 0 Å². The summed E-state index contributed by atoms with van der Waals surface area (Å²) in [5.41, 5.74) is 5.06. The zero-order valence-corrected chi connectivity index (χ0v) is 21.4. The first kappa shape index (κ1) is 24.5. The number of hydrogen-bond acceptors (Lipinski definition) is 7. The topological polar surface area (TPSA) is 90.6 Å². The van der Waals surface area contributed by atoms with E-state index in [0.29, 0.717) is 16.7 Å². The Bertz CT molecular complexity index is 1330. The molecule has 0 aliphatic rings. The SMILES string of the molecule is COc1ccc(-n2c(SCC(=O)N/N=C/c3cc(Br)ccc3OC)nnc2-c2ccccc2)cc1. The van der Waals surface area contributed by atoms with E-state index >= 15 is 0 Å². The number of benzene rings is 3. The molecule has 1 aromatic heterocycles. The Morgan fingerprint density at radius 3 is 2.54 bits per heavy atom. The van der Waals surface area contributed by atoms with Crippen LogP contribution in [-0.2, 0) is 4.79 Å². The molecule has 0 unspecified atom stereocenters. The van der Waals surface area contributed by atoms with Crippen molar-refractivity contribution in [3.05, 3.63) is 82.8 Å². The zero-order chi connectivity index (χ0) is 24.6. The van der Waals surface area contributed by atoms with Crippen LogP contribution in [0.2, 0.25) is 0 Å². The molecule has 0 spiro atoms. The van der Waals surface area contributed by atoms with Crippen LogP contribution in [0.4, 0.5) is 0 Å². The van der Waals surface area contributed by atoms with E-state index < -0.39 is 0 Å². The summed E-state index contributed by atoms with van der Waals surface area (Å²) in [6, 6.07) is 22.9. The number of hydrogen-bond donors (Lipinski definition) is 1. The highest BCUT2D eigenvalue weighted by molar-refractivity contribution is 9.10. The molecule has 178 valence electrons. The van der Waals surface area contributed by atoms with Gasteiger partial charge in [0, 0.05) is 21.3 Å². The van der Waals surface area contributed by atoms with Crippen molar-refractivity contribution >= 4 is 39.8 Å². The molecule has 0 fully saturated rings. The number of nitrogens with zero attached hydrogens (tertiary/aromatic N) is 4. The predicted molar refractivity (Wildman–Crippen MR) is 141 cm³/mol. The maximum atomic E-state index is 12.5. The lowest BCUT2D eigenvalue weighted by Crippen LogP contribution is -2.20. The molecular weight excluding hydrogens is 530 g/mol. The van der Waals surface area contributed by atoms with Crippen LogP contribution in [-0.4, -0.2) is 46.9 Å². The van der Waals surface area contributed by atoms with Crippen LogP contribution in [0.3, 0.4) is 0 Å². The Balaban J connectivity index is 1.50. The average molecular weight is 552 g/mol. The number of aromatic nitrogens is 3. The summed E-state index contributed by atoms with van der Waals surface area (Å²) in [6.07, 6.45) is 1.54. The Morgan fingerprint density at radius 1 is 1.06 bits per heavy atom. The van der Waals surface area contributed by atoms with Gasteiger partial charge in [0.25, 0.3) is 5.91 Å². The van der Waals surface area contributed by atoms with Crippen molar-refractivity contribution in [2.75, 3.05) is 20.0 Å². The van der Waals surface area contributed by atoms with Crippen molar-refractivity contribution in [2.45, 2.75) is 5.16 Å². The summed E-state index contributed by atoms with van der Waals surface area (Å²) in [4.78, 5) is 12.5. The second-order valence-corrected chi connectivity index (χ2v) is 9.03. The van der Waals surface area contributed by atoms with E-state index in [1.165, 1.54) is 11.8 Å². The molecule has 0 atom stereocenters. The molecule has 1 N–H and O–H groups in total. The lowest BCUT2D eigenvalue weighted by atomic mass is 10.2. The van der Waals surface area contributed by atoms with Crippen LogP contribution < -0.4 is 14.9 Å². The minimum absolute atomic E-state index is 0.107. The van der Waals surface area contributed by atoms with Crippen LogP contribution in [0.5, 0.6) is 11.5 Å². The van der Waals surface area contributed by atoms with Gasteiger partial charge in [0.05, 0.1) is 26.2 Å². The fraction of sp³-hybridized carbons (Fsp3) is 0.120. The van der Waals surface area contributed by atoms with Crippen LogP contribution >= 0.6 is 27.7 Å². The van der Waals surface area contributed by atoms with Gasteiger partial charge in [-0.1, -0.05) is 58.0 Å². The molecular formula is C25H22BrN5O3S. The number of nitrogens with one attached hydrogen (secondary N) is 1. The minimum atomic E-state index is -0.272. The average Bonchev–Trinajstić information content (AvgIpc) is 3.32. The molecule has 8 nitrogen and oxygen atoms in total. The van der Waals surface area contributed by atoms with Crippen molar-refractivity contribution < 1.29 is 14.3 Å². The molecule has 4 aromatic rings. The molecule has 0 aliphatic carbocycles. The van der Waals surface area contributed by atoms with Gasteiger partial charge >= 0.3 is 0 Å². The minimum Gasteiger partial charge on any atom is -0.497 e. The highest BCUT2D eigenvalue weighted by Crippen LogP contribution is 2.29. The van der Waals surface area contributed by atoms with Crippen molar-refractivity contribution in [1.82, 2.24) is 20.2 Å².